The molecule has 2 aromatic rings. The monoisotopic (exact) mass is 293 g/mol. The van der Waals surface area contributed by atoms with E-state index in [9.17, 15) is 0 Å². The highest BCUT2D eigenvalue weighted by Crippen LogP contribution is 2.24. The molecule has 0 bridgehead atoms. The van der Waals surface area contributed by atoms with Crippen molar-refractivity contribution < 1.29 is 0 Å². The van der Waals surface area contributed by atoms with Crippen molar-refractivity contribution in [1.29, 1.82) is 0 Å². The number of halogens is 1. The van der Waals surface area contributed by atoms with Gasteiger partial charge in [0.15, 0.2) is 0 Å². The van der Waals surface area contributed by atoms with Gasteiger partial charge in [-0.15, -0.1) is 0 Å². The number of aryl methyl sites for hydroxylation is 1. The second kappa shape index (κ2) is 4.63. The number of nitrogens with two attached hydrogens (primary N) is 1. The van der Waals surface area contributed by atoms with Gasteiger partial charge in [0.1, 0.15) is 5.82 Å². The summed E-state index contributed by atoms with van der Waals surface area (Å²) < 4.78 is 3.05. The smallest absolute Gasteiger partial charge is 0.110 e. The minimum absolute atomic E-state index is 0.414. The van der Waals surface area contributed by atoms with Crippen LogP contribution < -0.4 is 5.73 Å². The van der Waals surface area contributed by atoms with E-state index >= 15 is 0 Å². The van der Waals surface area contributed by atoms with E-state index in [1.165, 1.54) is 0 Å². The Kier molecular flexibility index (Phi) is 3.35. The molecule has 0 saturated carbocycles. The van der Waals surface area contributed by atoms with Crippen LogP contribution in [0.2, 0.25) is 0 Å². The molecule has 2 rings (SSSR count). The molecule has 0 spiro atoms. The molecule has 0 aliphatic carbocycles. The molecule has 0 aliphatic rings. The number of aromatic nitrogens is 2. The molecule has 90 valence electrons. The third-order valence-electron chi connectivity index (χ3n) is 2.93. The van der Waals surface area contributed by atoms with E-state index < -0.39 is 5.54 Å². The van der Waals surface area contributed by atoms with Crippen LogP contribution in [-0.4, -0.2) is 9.55 Å². The van der Waals surface area contributed by atoms with E-state index in [1.54, 1.807) is 6.20 Å². The van der Waals surface area contributed by atoms with Crippen molar-refractivity contribution in [2.24, 2.45) is 12.8 Å². The lowest BCUT2D eigenvalue weighted by atomic mass is 9.89. The molecule has 3 nitrogen and oxygen atoms in total. The van der Waals surface area contributed by atoms with E-state index in [1.807, 2.05) is 42.9 Å². The molecule has 0 radical (unpaired) electrons. The van der Waals surface area contributed by atoms with Gasteiger partial charge in [-0.2, -0.15) is 0 Å². The highest BCUT2D eigenvalue weighted by molar-refractivity contribution is 9.10. The lowest BCUT2D eigenvalue weighted by Crippen LogP contribution is -2.36. The Hall–Kier alpha value is -1.13. The van der Waals surface area contributed by atoms with Crippen molar-refractivity contribution in [3.63, 3.8) is 0 Å². The van der Waals surface area contributed by atoms with Crippen molar-refractivity contribution in [2.45, 2.75) is 18.9 Å². The van der Waals surface area contributed by atoms with Crippen LogP contribution in [0.1, 0.15) is 18.3 Å². The Labute approximate surface area is 110 Å². The highest BCUT2D eigenvalue weighted by Gasteiger charge is 2.23. The van der Waals surface area contributed by atoms with E-state index in [4.69, 9.17) is 5.73 Å². The predicted molar refractivity (Wildman–Crippen MR) is 72.6 cm³/mol. The topological polar surface area (TPSA) is 43.8 Å². The first-order chi connectivity index (χ1) is 7.99. The van der Waals surface area contributed by atoms with E-state index in [2.05, 4.69) is 27.0 Å². The number of hydrogen-bond acceptors (Lipinski definition) is 2. The van der Waals surface area contributed by atoms with Crippen LogP contribution in [0, 0.1) is 0 Å². The third kappa shape index (κ3) is 2.76. The molecule has 1 unspecified atom stereocenters. The standard InChI is InChI=1S/C13H16BrN3/c1-13(15,9-12-16-6-7-17(12)2)10-4-3-5-11(14)8-10/h3-8H,9,15H2,1-2H3. The normalized spacial score (nSPS) is 14.6. The maximum atomic E-state index is 6.39. The zero-order valence-corrected chi connectivity index (χ0v) is 11.6. The van der Waals surface area contributed by atoms with Crippen molar-refractivity contribution >= 4 is 15.9 Å². The Morgan fingerprint density at radius 3 is 2.82 bits per heavy atom. The zero-order chi connectivity index (χ0) is 12.5. The maximum Gasteiger partial charge on any atom is 0.110 e. The summed E-state index contributed by atoms with van der Waals surface area (Å²) in [6.07, 6.45) is 4.45. The molecule has 0 amide bonds. The first kappa shape index (κ1) is 12.3. The molecular weight excluding hydrogens is 278 g/mol. The van der Waals surface area contributed by atoms with Crippen LogP contribution in [-0.2, 0) is 19.0 Å². The van der Waals surface area contributed by atoms with Gasteiger partial charge in [0.2, 0.25) is 0 Å². The first-order valence-electron chi connectivity index (χ1n) is 5.50. The summed E-state index contributed by atoms with van der Waals surface area (Å²) in [5.41, 5.74) is 7.09. The van der Waals surface area contributed by atoms with Gasteiger partial charge in [0.25, 0.3) is 0 Å². The minimum Gasteiger partial charge on any atom is -0.338 e. The number of rotatable bonds is 3. The largest absolute Gasteiger partial charge is 0.338 e. The average Bonchev–Trinajstić information content (AvgIpc) is 2.64. The van der Waals surface area contributed by atoms with Crippen molar-refractivity contribution in [2.75, 3.05) is 0 Å². The quantitative estimate of drug-likeness (QED) is 0.945. The Bertz CT molecular complexity index is 517. The minimum atomic E-state index is -0.414. The van der Waals surface area contributed by atoms with Crippen molar-refractivity contribution in [3.05, 3.63) is 52.5 Å². The summed E-state index contributed by atoms with van der Waals surface area (Å²) in [6.45, 7) is 2.03. The van der Waals surface area contributed by atoms with Crippen LogP contribution >= 0.6 is 15.9 Å². The molecular formula is C13H16BrN3. The van der Waals surface area contributed by atoms with Gasteiger partial charge < -0.3 is 10.3 Å². The molecule has 0 aliphatic heterocycles. The molecule has 1 heterocycles. The number of hydrogen-bond donors (Lipinski definition) is 1. The molecule has 4 heteroatoms. The molecule has 17 heavy (non-hydrogen) atoms. The van der Waals surface area contributed by atoms with Gasteiger partial charge in [-0.3, -0.25) is 0 Å². The lowest BCUT2D eigenvalue weighted by molar-refractivity contribution is 0.470. The average molecular weight is 294 g/mol. The van der Waals surface area contributed by atoms with Gasteiger partial charge in [0.05, 0.1) is 0 Å². The second-order valence-corrected chi connectivity index (χ2v) is 5.47. The van der Waals surface area contributed by atoms with Gasteiger partial charge >= 0.3 is 0 Å². The number of nitrogens with zero attached hydrogens (tertiary/aromatic N) is 2. The SMILES string of the molecule is Cn1ccnc1CC(C)(N)c1cccc(Br)c1. The zero-order valence-electron chi connectivity index (χ0n) is 10.0. The number of benzene rings is 1. The van der Waals surface area contributed by atoms with Gasteiger partial charge in [0, 0.05) is 35.9 Å². The summed E-state index contributed by atoms with van der Waals surface area (Å²) in [7, 11) is 1.99. The summed E-state index contributed by atoms with van der Waals surface area (Å²) in [5.74, 6) is 0.995. The van der Waals surface area contributed by atoms with Crippen LogP contribution in [0.15, 0.2) is 41.1 Å². The van der Waals surface area contributed by atoms with E-state index in [0.29, 0.717) is 6.42 Å². The van der Waals surface area contributed by atoms with Gasteiger partial charge in [-0.1, -0.05) is 28.1 Å². The summed E-state index contributed by atoms with van der Waals surface area (Å²) in [4.78, 5) is 4.32. The molecule has 0 fully saturated rings. The fourth-order valence-electron chi connectivity index (χ4n) is 1.84. The van der Waals surface area contributed by atoms with Crippen molar-refractivity contribution in [3.8, 4) is 0 Å². The predicted octanol–water partition coefficient (Wildman–Crippen LogP) is 2.60. The van der Waals surface area contributed by atoms with Crippen LogP contribution in [0.3, 0.4) is 0 Å². The van der Waals surface area contributed by atoms with Gasteiger partial charge in [-0.05, 0) is 24.6 Å². The van der Waals surface area contributed by atoms with E-state index in [-0.39, 0.29) is 0 Å². The first-order valence-corrected chi connectivity index (χ1v) is 6.29. The Morgan fingerprint density at radius 1 is 1.47 bits per heavy atom. The molecule has 1 aromatic heterocycles. The maximum absolute atomic E-state index is 6.39. The van der Waals surface area contributed by atoms with Crippen LogP contribution in [0.25, 0.3) is 0 Å². The Morgan fingerprint density at radius 2 is 2.24 bits per heavy atom. The molecule has 0 saturated heterocycles. The summed E-state index contributed by atoms with van der Waals surface area (Å²) in [6, 6.07) is 8.11. The third-order valence-corrected chi connectivity index (χ3v) is 3.42. The summed E-state index contributed by atoms with van der Waals surface area (Å²) >= 11 is 3.47. The Balaban J connectivity index is 2.27. The molecule has 1 aromatic carbocycles. The fraction of sp³-hybridized carbons (Fsp3) is 0.308. The fourth-order valence-corrected chi connectivity index (χ4v) is 2.24. The molecule has 2 N–H and O–H groups in total. The molecule has 1 atom stereocenters. The summed E-state index contributed by atoms with van der Waals surface area (Å²) in [5, 5.41) is 0. The second-order valence-electron chi connectivity index (χ2n) is 4.56. The van der Waals surface area contributed by atoms with Crippen molar-refractivity contribution in [1.82, 2.24) is 9.55 Å². The lowest BCUT2D eigenvalue weighted by Gasteiger charge is -2.25. The van der Waals surface area contributed by atoms with Crippen LogP contribution in [0.5, 0.6) is 0 Å². The van der Waals surface area contributed by atoms with Gasteiger partial charge in [-0.25, -0.2) is 4.98 Å². The highest BCUT2D eigenvalue weighted by atomic mass is 79.9. The van der Waals surface area contributed by atoms with E-state index in [0.717, 1.165) is 15.9 Å². The van der Waals surface area contributed by atoms with Crippen LogP contribution in [0.4, 0.5) is 0 Å². The number of imidazole rings is 1.